The van der Waals surface area contributed by atoms with E-state index < -0.39 is 0 Å². The van der Waals surface area contributed by atoms with Crippen LogP contribution in [0.5, 0.6) is 0 Å². The van der Waals surface area contributed by atoms with E-state index in [1.165, 1.54) is 5.56 Å². The summed E-state index contributed by atoms with van der Waals surface area (Å²) in [6.07, 6.45) is 0.364. The molecule has 134 valence electrons. The molecule has 1 amide bonds. The van der Waals surface area contributed by atoms with E-state index in [2.05, 4.69) is 6.92 Å². The fourth-order valence-electron chi connectivity index (χ4n) is 2.98. The van der Waals surface area contributed by atoms with Gasteiger partial charge in [0.2, 0.25) is 5.91 Å². The van der Waals surface area contributed by atoms with Gasteiger partial charge in [-0.1, -0.05) is 83.6 Å². The van der Waals surface area contributed by atoms with Gasteiger partial charge >= 0.3 is 0 Å². The lowest BCUT2D eigenvalue weighted by molar-refractivity contribution is -0.118. The first-order chi connectivity index (χ1) is 13.2. The van der Waals surface area contributed by atoms with Crippen LogP contribution in [-0.4, -0.2) is 10.9 Å². The molecule has 0 saturated heterocycles. The zero-order valence-corrected chi connectivity index (χ0v) is 15.9. The van der Waals surface area contributed by atoms with Crippen molar-refractivity contribution in [3.8, 4) is 0 Å². The van der Waals surface area contributed by atoms with Crippen LogP contribution in [0, 0.1) is 6.92 Å². The Bertz CT molecular complexity index is 1020. The summed E-state index contributed by atoms with van der Waals surface area (Å²) in [5, 5.41) is 0.747. The first-order valence-corrected chi connectivity index (χ1v) is 9.76. The first kappa shape index (κ1) is 17.4. The molecule has 3 nitrogen and oxygen atoms in total. The molecule has 0 N–H and O–H groups in total. The van der Waals surface area contributed by atoms with Crippen LogP contribution in [0.15, 0.2) is 78.9 Å². The lowest BCUT2D eigenvalue weighted by Gasteiger charge is -2.20. The zero-order chi connectivity index (χ0) is 18.6. The average Bonchev–Trinajstić information content (AvgIpc) is 3.12. The smallest absolute Gasteiger partial charge is 0.233 e. The number of hydrogen-bond acceptors (Lipinski definition) is 3. The van der Waals surface area contributed by atoms with E-state index in [9.17, 15) is 4.79 Å². The third-order valence-corrected chi connectivity index (χ3v) is 5.53. The van der Waals surface area contributed by atoms with Crippen LogP contribution < -0.4 is 4.90 Å². The van der Waals surface area contributed by atoms with Crippen molar-refractivity contribution in [2.45, 2.75) is 19.9 Å². The number of carbonyl (C=O) groups is 1. The van der Waals surface area contributed by atoms with Crippen LogP contribution in [0.1, 0.15) is 16.7 Å². The zero-order valence-electron chi connectivity index (χ0n) is 15.1. The normalized spacial score (nSPS) is 10.9. The summed E-state index contributed by atoms with van der Waals surface area (Å²) in [5.41, 5.74) is 4.23. The Kier molecular flexibility index (Phi) is 4.99. The first-order valence-electron chi connectivity index (χ1n) is 8.94. The third-order valence-electron chi connectivity index (χ3n) is 4.47. The molecule has 4 rings (SSSR count). The Morgan fingerprint density at radius 3 is 2.33 bits per heavy atom. The number of aromatic nitrogens is 1. The highest BCUT2D eigenvalue weighted by molar-refractivity contribution is 7.22. The molecule has 4 aromatic rings. The van der Waals surface area contributed by atoms with Gasteiger partial charge in [-0.2, -0.15) is 0 Å². The largest absolute Gasteiger partial charge is 0.283 e. The topological polar surface area (TPSA) is 33.2 Å². The Morgan fingerprint density at radius 1 is 0.889 bits per heavy atom. The van der Waals surface area contributed by atoms with Crippen LogP contribution in [0.4, 0.5) is 5.13 Å². The van der Waals surface area contributed by atoms with E-state index >= 15 is 0 Å². The second kappa shape index (κ2) is 7.72. The van der Waals surface area contributed by atoms with Crippen molar-refractivity contribution in [3.05, 3.63) is 95.6 Å². The van der Waals surface area contributed by atoms with Crippen molar-refractivity contribution in [1.29, 1.82) is 0 Å². The monoisotopic (exact) mass is 372 g/mol. The van der Waals surface area contributed by atoms with Crippen molar-refractivity contribution < 1.29 is 4.79 Å². The fraction of sp³-hybridized carbons (Fsp3) is 0.130. The van der Waals surface area contributed by atoms with E-state index in [1.807, 2.05) is 78.9 Å². The van der Waals surface area contributed by atoms with Crippen molar-refractivity contribution in [2.24, 2.45) is 0 Å². The molecular formula is C23H20N2OS. The van der Waals surface area contributed by atoms with Gasteiger partial charge < -0.3 is 0 Å². The minimum absolute atomic E-state index is 0.0572. The quantitative estimate of drug-likeness (QED) is 0.471. The molecule has 1 heterocycles. The van der Waals surface area contributed by atoms with Crippen LogP contribution in [0.25, 0.3) is 10.2 Å². The lowest BCUT2D eigenvalue weighted by atomic mass is 10.1. The highest BCUT2D eigenvalue weighted by Crippen LogP contribution is 2.30. The molecule has 27 heavy (non-hydrogen) atoms. The van der Waals surface area contributed by atoms with E-state index in [0.717, 1.165) is 26.5 Å². The Balaban J connectivity index is 1.66. The molecule has 0 atom stereocenters. The molecule has 3 aromatic carbocycles. The number of fused-ring (bicyclic) bond motifs is 1. The molecule has 0 aliphatic heterocycles. The summed E-state index contributed by atoms with van der Waals surface area (Å²) in [6, 6.07) is 26.2. The summed E-state index contributed by atoms with van der Waals surface area (Å²) in [4.78, 5) is 19.7. The molecule has 0 aliphatic carbocycles. The predicted molar refractivity (Wildman–Crippen MR) is 112 cm³/mol. The standard InChI is InChI=1S/C23H20N2OS/c1-17-11-13-18(14-12-17)15-22(26)25(16-19-7-3-2-4-8-19)23-24-20-9-5-6-10-21(20)27-23/h2-14H,15-16H2,1H3. The Labute approximate surface area is 162 Å². The molecule has 1 aromatic heterocycles. The van der Waals surface area contributed by atoms with Gasteiger partial charge in [-0.05, 0) is 30.2 Å². The summed E-state index contributed by atoms with van der Waals surface area (Å²) in [5.74, 6) is 0.0572. The molecule has 0 saturated carbocycles. The Hall–Kier alpha value is -2.98. The van der Waals surface area contributed by atoms with Gasteiger partial charge in [0.15, 0.2) is 5.13 Å². The van der Waals surface area contributed by atoms with Crippen molar-refractivity contribution in [1.82, 2.24) is 4.98 Å². The summed E-state index contributed by atoms with van der Waals surface area (Å²) >= 11 is 1.56. The van der Waals surface area contributed by atoms with E-state index in [1.54, 1.807) is 16.2 Å². The highest BCUT2D eigenvalue weighted by Gasteiger charge is 2.20. The number of benzene rings is 3. The molecule has 0 radical (unpaired) electrons. The molecule has 0 bridgehead atoms. The van der Waals surface area contributed by atoms with Crippen LogP contribution >= 0.6 is 11.3 Å². The molecular weight excluding hydrogens is 352 g/mol. The second-order valence-electron chi connectivity index (χ2n) is 6.59. The van der Waals surface area contributed by atoms with Crippen LogP contribution in [0.3, 0.4) is 0 Å². The minimum Gasteiger partial charge on any atom is -0.283 e. The van der Waals surface area contributed by atoms with Gasteiger partial charge in [0.25, 0.3) is 0 Å². The number of para-hydroxylation sites is 1. The lowest BCUT2D eigenvalue weighted by Crippen LogP contribution is -2.31. The summed E-state index contributed by atoms with van der Waals surface area (Å²) < 4.78 is 1.09. The minimum atomic E-state index is 0.0572. The van der Waals surface area contributed by atoms with Gasteiger partial charge in [0.05, 0.1) is 23.2 Å². The van der Waals surface area contributed by atoms with Gasteiger partial charge in [-0.3, -0.25) is 9.69 Å². The molecule has 0 aliphatic rings. The highest BCUT2D eigenvalue weighted by atomic mass is 32.1. The maximum atomic E-state index is 13.2. The van der Waals surface area contributed by atoms with Gasteiger partial charge in [-0.15, -0.1) is 0 Å². The fourth-order valence-corrected chi connectivity index (χ4v) is 3.96. The Morgan fingerprint density at radius 2 is 1.59 bits per heavy atom. The van der Waals surface area contributed by atoms with Crippen LogP contribution in [0.2, 0.25) is 0 Å². The number of anilines is 1. The predicted octanol–water partition coefficient (Wildman–Crippen LogP) is 5.38. The number of nitrogens with zero attached hydrogens (tertiary/aromatic N) is 2. The second-order valence-corrected chi connectivity index (χ2v) is 7.60. The van der Waals surface area contributed by atoms with Crippen molar-refractivity contribution in [3.63, 3.8) is 0 Å². The molecule has 0 unspecified atom stereocenters. The average molecular weight is 372 g/mol. The number of amides is 1. The number of carbonyl (C=O) groups excluding carboxylic acids is 1. The van der Waals surface area contributed by atoms with Crippen molar-refractivity contribution in [2.75, 3.05) is 4.90 Å². The number of aryl methyl sites for hydroxylation is 1. The maximum Gasteiger partial charge on any atom is 0.233 e. The van der Waals surface area contributed by atoms with E-state index in [4.69, 9.17) is 4.98 Å². The van der Waals surface area contributed by atoms with E-state index in [0.29, 0.717) is 13.0 Å². The maximum absolute atomic E-state index is 13.2. The third kappa shape index (κ3) is 4.07. The summed E-state index contributed by atoms with van der Waals surface area (Å²) in [6.45, 7) is 2.57. The number of thiazole rings is 1. The molecule has 4 heteroatoms. The van der Waals surface area contributed by atoms with Crippen molar-refractivity contribution >= 4 is 32.6 Å². The SMILES string of the molecule is Cc1ccc(CC(=O)N(Cc2ccccc2)c2nc3ccccc3s2)cc1. The van der Waals surface area contributed by atoms with E-state index in [-0.39, 0.29) is 5.91 Å². The molecule has 0 fully saturated rings. The van der Waals surface area contributed by atoms with Gasteiger partial charge in [0.1, 0.15) is 0 Å². The molecule has 0 spiro atoms. The summed E-state index contributed by atoms with van der Waals surface area (Å²) in [7, 11) is 0. The van der Waals surface area contributed by atoms with Gasteiger partial charge in [0, 0.05) is 0 Å². The van der Waals surface area contributed by atoms with Gasteiger partial charge in [-0.25, -0.2) is 4.98 Å². The number of rotatable bonds is 5. The van der Waals surface area contributed by atoms with Crippen LogP contribution in [-0.2, 0) is 17.8 Å². The number of hydrogen-bond donors (Lipinski definition) is 0.